The first-order valence-electron chi connectivity index (χ1n) is 4.49. The van der Waals surface area contributed by atoms with E-state index in [1.165, 1.54) is 0 Å². The first-order chi connectivity index (χ1) is 6.58. The largest absolute Gasteiger partial charge is 0.393 e. The van der Waals surface area contributed by atoms with Crippen molar-refractivity contribution in [1.82, 2.24) is 5.16 Å². The molecule has 0 aliphatic heterocycles. The quantitative estimate of drug-likeness (QED) is 0.759. The minimum Gasteiger partial charge on any atom is -0.393 e. The molecule has 1 aromatic heterocycles. The molecule has 2 N–H and O–H groups in total. The summed E-state index contributed by atoms with van der Waals surface area (Å²) in [7, 11) is 0. The molecule has 0 aliphatic rings. The molecule has 1 amide bonds. The Morgan fingerprint density at radius 2 is 2.50 bits per heavy atom. The first-order valence-corrected chi connectivity index (χ1v) is 4.49. The molecule has 1 rings (SSSR count). The molecule has 5 nitrogen and oxygen atoms in total. The second-order valence-corrected chi connectivity index (χ2v) is 3.27. The molecule has 1 unspecified atom stereocenters. The number of carbonyl (C=O) groups is 1. The molecule has 78 valence electrons. The number of rotatable bonds is 4. The van der Waals surface area contributed by atoms with Gasteiger partial charge < -0.3 is 9.63 Å². The average molecular weight is 198 g/mol. The van der Waals surface area contributed by atoms with Gasteiger partial charge in [0.25, 0.3) is 0 Å². The summed E-state index contributed by atoms with van der Waals surface area (Å²) in [5, 5.41) is 15.1. The van der Waals surface area contributed by atoms with Crippen LogP contribution in [-0.2, 0) is 4.79 Å². The number of aromatic nitrogens is 1. The van der Waals surface area contributed by atoms with Gasteiger partial charge in [0, 0.05) is 12.5 Å². The molecule has 0 aromatic carbocycles. The van der Waals surface area contributed by atoms with Crippen LogP contribution in [0.1, 0.15) is 25.5 Å². The van der Waals surface area contributed by atoms with Gasteiger partial charge in [-0.2, -0.15) is 0 Å². The highest BCUT2D eigenvalue weighted by Gasteiger charge is 2.07. The lowest BCUT2D eigenvalue weighted by molar-refractivity contribution is -0.116. The smallest absolute Gasteiger partial charge is 0.231 e. The van der Waals surface area contributed by atoms with Crippen molar-refractivity contribution in [3.63, 3.8) is 0 Å². The zero-order chi connectivity index (χ0) is 10.6. The monoisotopic (exact) mass is 198 g/mol. The molecule has 14 heavy (non-hydrogen) atoms. The van der Waals surface area contributed by atoms with Crippen LogP contribution >= 0.6 is 0 Å². The molecule has 1 heterocycles. The van der Waals surface area contributed by atoms with Gasteiger partial charge >= 0.3 is 0 Å². The summed E-state index contributed by atoms with van der Waals surface area (Å²) < 4.78 is 4.80. The highest BCUT2D eigenvalue weighted by molar-refractivity contribution is 5.89. The lowest BCUT2D eigenvalue weighted by Crippen LogP contribution is -2.13. The number of hydrogen-bond acceptors (Lipinski definition) is 4. The van der Waals surface area contributed by atoms with Crippen molar-refractivity contribution in [2.75, 3.05) is 5.32 Å². The first kappa shape index (κ1) is 10.7. The van der Waals surface area contributed by atoms with E-state index in [1.807, 2.05) is 0 Å². The number of carbonyl (C=O) groups excluding carboxylic acids is 1. The summed E-state index contributed by atoms with van der Waals surface area (Å²) in [5.41, 5.74) is 0.718. The molecule has 1 atom stereocenters. The van der Waals surface area contributed by atoms with Gasteiger partial charge in [-0.3, -0.25) is 10.1 Å². The molecule has 0 aliphatic carbocycles. The third-order valence-electron chi connectivity index (χ3n) is 1.68. The second-order valence-electron chi connectivity index (χ2n) is 3.27. The van der Waals surface area contributed by atoms with Crippen molar-refractivity contribution >= 4 is 11.8 Å². The van der Waals surface area contributed by atoms with Crippen LogP contribution in [0, 0.1) is 6.92 Å². The fourth-order valence-electron chi connectivity index (χ4n) is 0.962. The number of nitrogens with one attached hydrogen (secondary N) is 1. The number of aryl methyl sites for hydroxylation is 1. The van der Waals surface area contributed by atoms with Gasteiger partial charge in [-0.05, 0) is 20.3 Å². The minimum absolute atomic E-state index is 0.179. The van der Waals surface area contributed by atoms with Crippen LogP contribution in [0.15, 0.2) is 10.6 Å². The Bertz CT molecular complexity index is 307. The topological polar surface area (TPSA) is 75.4 Å². The van der Waals surface area contributed by atoms with Crippen LogP contribution in [0.25, 0.3) is 0 Å². The fourth-order valence-corrected chi connectivity index (χ4v) is 0.962. The maximum atomic E-state index is 11.2. The number of aliphatic hydroxyl groups is 1. The van der Waals surface area contributed by atoms with Crippen molar-refractivity contribution in [2.45, 2.75) is 32.8 Å². The summed E-state index contributed by atoms with van der Waals surface area (Å²) in [4.78, 5) is 11.2. The van der Waals surface area contributed by atoms with E-state index in [0.717, 1.165) is 5.69 Å². The lowest BCUT2D eigenvalue weighted by Gasteiger charge is -2.02. The van der Waals surface area contributed by atoms with Crippen LogP contribution in [0.2, 0.25) is 0 Å². The Morgan fingerprint density at radius 3 is 3.00 bits per heavy atom. The van der Waals surface area contributed by atoms with Crippen molar-refractivity contribution in [2.24, 2.45) is 0 Å². The van der Waals surface area contributed by atoms with Gasteiger partial charge in [0.2, 0.25) is 11.8 Å². The predicted octanol–water partition coefficient (Wildman–Crippen LogP) is 1.08. The van der Waals surface area contributed by atoms with E-state index < -0.39 is 6.10 Å². The Labute approximate surface area is 82.1 Å². The van der Waals surface area contributed by atoms with Crippen LogP contribution in [0.4, 0.5) is 5.88 Å². The third-order valence-corrected chi connectivity index (χ3v) is 1.68. The van der Waals surface area contributed by atoms with Crippen LogP contribution in [0.3, 0.4) is 0 Å². The van der Waals surface area contributed by atoms with Gasteiger partial charge in [-0.25, -0.2) is 0 Å². The van der Waals surface area contributed by atoms with Crippen molar-refractivity contribution in [1.29, 1.82) is 0 Å². The number of nitrogens with zero attached hydrogens (tertiary/aromatic N) is 1. The highest BCUT2D eigenvalue weighted by Crippen LogP contribution is 2.09. The summed E-state index contributed by atoms with van der Waals surface area (Å²) in [6, 6.07) is 1.64. The van der Waals surface area contributed by atoms with E-state index in [1.54, 1.807) is 19.9 Å². The van der Waals surface area contributed by atoms with E-state index in [9.17, 15) is 4.79 Å². The van der Waals surface area contributed by atoms with Crippen LogP contribution in [0.5, 0.6) is 0 Å². The number of hydrogen-bond donors (Lipinski definition) is 2. The van der Waals surface area contributed by atoms with E-state index in [2.05, 4.69) is 10.5 Å². The molecule has 0 spiro atoms. The van der Waals surface area contributed by atoms with Gasteiger partial charge in [0.1, 0.15) is 0 Å². The van der Waals surface area contributed by atoms with Crippen molar-refractivity contribution in [3.8, 4) is 0 Å². The molecular formula is C9H14N2O3. The number of aliphatic hydroxyl groups excluding tert-OH is 1. The molecule has 0 saturated carbocycles. The van der Waals surface area contributed by atoms with E-state index in [4.69, 9.17) is 9.63 Å². The molecular weight excluding hydrogens is 184 g/mol. The summed E-state index contributed by atoms with van der Waals surface area (Å²) in [5.74, 6) is 0.167. The summed E-state index contributed by atoms with van der Waals surface area (Å²) in [6.45, 7) is 3.42. The van der Waals surface area contributed by atoms with Gasteiger partial charge in [0.15, 0.2) is 0 Å². The average Bonchev–Trinajstić information content (AvgIpc) is 2.48. The fraction of sp³-hybridized carbons (Fsp3) is 0.556. The van der Waals surface area contributed by atoms with Gasteiger partial charge in [-0.15, -0.1) is 0 Å². The maximum Gasteiger partial charge on any atom is 0.231 e. The molecule has 5 heteroatoms. The molecule has 0 saturated heterocycles. The number of amides is 1. The number of anilines is 1. The third kappa shape index (κ3) is 3.57. The Kier molecular flexibility index (Phi) is 3.64. The van der Waals surface area contributed by atoms with Crippen LogP contribution < -0.4 is 5.32 Å². The van der Waals surface area contributed by atoms with E-state index >= 15 is 0 Å². The minimum atomic E-state index is -0.461. The zero-order valence-corrected chi connectivity index (χ0v) is 8.28. The zero-order valence-electron chi connectivity index (χ0n) is 8.28. The standard InChI is InChI=1S/C9H14N2O3/c1-6-5-9(14-11-6)10-8(13)4-3-7(2)12/h5,7,12H,3-4H2,1-2H3,(H,10,13). The Hall–Kier alpha value is -1.36. The molecule has 1 aromatic rings. The van der Waals surface area contributed by atoms with Gasteiger partial charge in [0.05, 0.1) is 11.8 Å². The SMILES string of the molecule is Cc1cc(NC(=O)CCC(C)O)on1. The molecule has 0 radical (unpaired) electrons. The Morgan fingerprint density at radius 1 is 1.79 bits per heavy atom. The second kappa shape index (κ2) is 4.76. The van der Waals surface area contributed by atoms with E-state index in [0.29, 0.717) is 12.3 Å². The van der Waals surface area contributed by atoms with Crippen molar-refractivity contribution < 1.29 is 14.4 Å². The summed E-state index contributed by atoms with van der Waals surface area (Å²) >= 11 is 0. The van der Waals surface area contributed by atoms with Gasteiger partial charge in [-0.1, -0.05) is 5.16 Å². The predicted molar refractivity (Wildman–Crippen MR) is 50.8 cm³/mol. The lowest BCUT2D eigenvalue weighted by atomic mass is 10.2. The van der Waals surface area contributed by atoms with Crippen LogP contribution in [-0.4, -0.2) is 22.3 Å². The van der Waals surface area contributed by atoms with Crippen molar-refractivity contribution in [3.05, 3.63) is 11.8 Å². The highest BCUT2D eigenvalue weighted by atomic mass is 16.5. The van der Waals surface area contributed by atoms with E-state index in [-0.39, 0.29) is 12.3 Å². The normalized spacial score (nSPS) is 12.5. The maximum absolute atomic E-state index is 11.2. The Balaban J connectivity index is 2.34. The summed E-state index contributed by atoms with van der Waals surface area (Å²) in [6.07, 6.45) is 0.258. The molecule has 0 fully saturated rings. The molecule has 0 bridgehead atoms.